The lowest BCUT2D eigenvalue weighted by Crippen LogP contribution is -2.42. The fourth-order valence-corrected chi connectivity index (χ4v) is 2.19. The molecule has 0 radical (unpaired) electrons. The summed E-state index contributed by atoms with van der Waals surface area (Å²) in [7, 11) is 1.67. The van der Waals surface area contributed by atoms with E-state index in [1.54, 1.807) is 19.4 Å². The molecule has 1 aliphatic heterocycles. The van der Waals surface area contributed by atoms with Gasteiger partial charge in [-0.3, -0.25) is 4.79 Å². The normalized spacial score (nSPS) is 19.7. The van der Waals surface area contributed by atoms with Gasteiger partial charge in [0.2, 0.25) is 11.9 Å². The molecular weight excluding hydrogens is 230 g/mol. The summed E-state index contributed by atoms with van der Waals surface area (Å²) >= 11 is 0. The van der Waals surface area contributed by atoms with Gasteiger partial charge in [-0.2, -0.15) is 0 Å². The van der Waals surface area contributed by atoms with Crippen molar-refractivity contribution in [2.45, 2.75) is 19.4 Å². The average molecular weight is 249 g/mol. The number of rotatable bonds is 3. The van der Waals surface area contributed by atoms with E-state index in [1.165, 1.54) is 0 Å². The number of anilines is 1. The van der Waals surface area contributed by atoms with E-state index < -0.39 is 0 Å². The number of nitrogens with two attached hydrogens (primary N) is 1. The first-order valence-electron chi connectivity index (χ1n) is 6.22. The summed E-state index contributed by atoms with van der Waals surface area (Å²) in [6, 6.07) is 0. The Balaban J connectivity index is 2.05. The number of carbonyl (C=O) groups is 1. The molecule has 18 heavy (non-hydrogen) atoms. The van der Waals surface area contributed by atoms with E-state index in [2.05, 4.69) is 20.2 Å². The Morgan fingerprint density at radius 3 is 2.89 bits per heavy atom. The van der Waals surface area contributed by atoms with Gasteiger partial charge in [0.1, 0.15) is 0 Å². The number of hydrogen-bond acceptors (Lipinski definition) is 5. The van der Waals surface area contributed by atoms with Crippen molar-refractivity contribution >= 4 is 11.9 Å². The van der Waals surface area contributed by atoms with Crippen LogP contribution in [0, 0.1) is 5.92 Å². The highest BCUT2D eigenvalue weighted by Crippen LogP contribution is 2.20. The molecule has 0 spiro atoms. The van der Waals surface area contributed by atoms with Gasteiger partial charge in [-0.25, -0.2) is 9.97 Å². The first kappa shape index (κ1) is 12.8. The molecule has 1 aromatic rings. The predicted octanol–water partition coefficient (Wildman–Crippen LogP) is -0.102. The predicted molar refractivity (Wildman–Crippen MR) is 68.9 cm³/mol. The third-order valence-electron chi connectivity index (χ3n) is 3.25. The molecule has 1 saturated heterocycles. The molecule has 0 aromatic carbocycles. The Morgan fingerprint density at radius 1 is 1.56 bits per heavy atom. The van der Waals surface area contributed by atoms with Crippen LogP contribution in [0.15, 0.2) is 12.4 Å². The van der Waals surface area contributed by atoms with Gasteiger partial charge in [0.25, 0.3) is 0 Å². The van der Waals surface area contributed by atoms with E-state index in [9.17, 15) is 4.79 Å². The lowest BCUT2D eigenvalue weighted by Gasteiger charge is -2.31. The zero-order chi connectivity index (χ0) is 13.0. The monoisotopic (exact) mass is 249 g/mol. The first-order chi connectivity index (χ1) is 8.74. The van der Waals surface area contributed by atoms with E-state index in [0.717, 1.165) is 24.9 Å². The minimum atomic E-state index is 0.0292. The highest BCUT2D eigenvalue weighted by atomic mass is 16.1. The summed E-state index contributed by atoms with van der Waals surface area (Å²) < 4.78 is 0. The number of amides is 1. The minimum Gasteiger partial charge on any atom is -0.359 e. The molecule has 1 unspecified atom stereocenters. The molecule has 6 nitrogen and oxygen atoms in total. The molecule has 2 heterocycles. The van der Waals surface area contributed by atoms with Crippen LogP contribution >= 0.6 is 0 Å². The van der Waals surface area contributed by atoms with Crippen molar-refractivity contribution < 1.29 is 4.79 Å². The van der Waals surface area contributed by atoms with Crippen molar-refractivity contribution in [2.75, 3.05) is 25.0 Å². The molecule has 0 bridgehead atoms. The smallest absolute Gasteiger partial charge is 0.225 e. The zero-order valence-electron chi connectivity index (χ0n) is 10.6. The highest BCUT2D eigenvalue weighted by Gasteiger charge is 2.26. The van der Waals surface area contributed by atoms with Gasteiger partial charge in [-0.05, 0) is 12.8 Å². The summed E-state index contributed by atoms with van der Waals surface area (Å²) in [5.41, 5.74) is 6.43. The maximum absolute atomic E-state index is 11.6. The summed E-state index contributed by atoms with van der Waals surface area (Å²) in [5.74, 6) is 0.806. The lowest BCUT2D eigenvalue weighted by molar-refractivity contribution is -0.124. The van der Waals surface area contributed by atoms with Crippen LogP contribution in [0.4, 0.5) is 5.95 Å². The number of carbonyl (C=O) groups excluding carboxylic acids is 1. The minimum absolute atomic E-state index is 0.0292. The van der Waals surface area contributed by atoms with E-state index in [0.29, 0.717) is 19.0 Å². The van der Waals surface area contributed by atoms with Gasteiger partial charge < -0.3 is 16.0 Å². The summed E-state index contributed by atoms with van der Waals surface area (Å²) in [6.45, 7) is 2.03. The summed E-state index contributed by atoms with van der Waals surface area (Å²) in [4.78, 5) is 22.3. The van der Waals surface area contributed by atoms with Gasteiger partial charge >= 0.3 is 0 Å². The first-order valence-corrected chi connectivity index (χ1v) is 6.22. The van der Waals surface area contributed by atoms with E-state index in [1.807, 2.05) is 0 Å². The van der Waals surface area contributed by atoms with Gasteiger partial charge in [-0.1, -0.05) is 0 Å². The second-order valence-corrected chi connectivity index (χ2v) is 4.49. The number of aromatic nitrogens is 2. The molecule has 1 fully saturated rings. The number of piperidine rings is 1. The number of nitrogens with zero attached hydrogens (tertiary/aromatic N) is 3. The van der Waals surface area contributed by atoms with Gasteiger partial charge in [-0.15, -0.1) is 0 Å². The topological polar surface area (TPSA) is 84.1 Å². The van der Waals surface area contributed by atoms with Crippen molar-refractivity contribution in [2.24, 2.45) is 11.7 Å². The van der Waals surface area contributed by atoms with Crippen LogP contribution in [-0.4, -0.2) is 36.0 Å². The molecule has 0 aliphatic carbocycles. The molecule has 6 heteroatoms. The third kappa shape index (κ3) is 2.76. The molecule has 1 aromatic heterocycles. The van der Waals surface area contributed by atoms with Crippen molar-refractivity contribution in [3.63, 3.8) is 0 Å². The van der Waals surface area contributed by atoms with Crippen LogP contribution in [0.2, 0.25) is 0 Å². The quantitative estimate of drug-likeness (QED) is 0.781. The Kier molecular flexibility index (Phi) is 4.09. The zero-order valence-corrected chi connectivity index (χ0v) is 10.6. The largest absolute Gasteiger partial charge is 0.359 e. The average Bonchev–Trinajstić information content (AvgIpc) is 2.46. The van der Waals surface area contributed by atoms with E-state index in [4.69, 9.17) is 5.73 Å². The molecule has 1 amide bonds. The number of nitrogens with one attached hydrogen (secondary N) is 1. The SMILES string of the molecule is CNC(=O)C1CCCN(c2ncc(CN)cn2)C1. The number of hydrogen-bond donors (Lipinski definition) is 2. The van der Waals surface area contributed by atoms with Crippen LogP contribution in [0.5, 0.6) is 0 Å². The Hall–Kier alpha value is -1.69. The van der Waals surface area contributed by atoms with Gasteiger partial charge in [0, 0.05) is 44.6 Å². The summed E-state index contributed by atoms with van der Waals surface area (Å²) in [5, 5.41) is 2.70. The van der Waals surface area contributed by atoms with E-state index >= 15 is 0 Å². The highest BCUT2D eigenvalue weighted by molar-refractivity contribution is 5.79. The molecule has 3 N–H and O–H groups in total. The molecule has 0 saturated carbocycles. The van der Waals surface area contributed by atoms with Gasteiger partial charge in [0.15, 0.2) is 0 Å². The second-order valence-electron chi connectivity index (χ2n) is 4.49. The van der Waals surface area contributed by atoms with Crippen LogP contribution < -0.4 is 16.0 Å². The van der Waals surface area contributed by atoms with Crippen molar-refractivity contribution in [3.8, 4) is 0 Å². The van der Waals surface area contributed by atoms with Crippen molar-refractivity contribution in [1.82, 2.24) is 15.3 Å². The molecule has 98 valence electrons. The van der Waals surface area contributed by atoms with Crippen LogP contribution in [0.3, 0.4) is 0 Å². The van der Waals surface area contributed by atoms with Crippen LogP contribution in [0.1, 0.15) is 18.4 Å². The van der Waals surface area contributed by atoms with Crippen molar-refractivity contribution in [3.05, 3.63) is 18.0 Å². The fourth-order valence-electron chi connectivity index (χ4n) is 2.19. The Bertz CT molecular complexity index is 405. The molecule has 1 atom stereocenters. The van der Waals surface area contributed by atoms with Crippen molar-refractivity contribution in [1.29, 1.82) is 0 Å². The second kappa shape index (κ2) is 5.77. The Labute approximate surface area is 107 Å². The van der Waals surface area contributed by atoms with Crippen LogP contribution in [-0.2, 0) is 11.3 Å². The maximum Gasteiger partial charge on any atom is 0.225 e. The third-order valence-corrected chi connectivity index (χ3v) is 3.25. The summed E-state index contributed by atoms with van der Waals surface area (Å²) in [6.07, 6.45) is 5.40. The fraction of sp³-hybridized carbons (Fsp3) is 0.583. The standard InChI is InChI=1S/C12H19N5O/c1-14-11(18)10-3-2-4-17(8-10)12-15-6-9(5-13)7-16-12/h6-7,10H,2-5,8,13H2,1H3,(H,14,18). The lowest BCUT2D eigenvalue weighted by atomic mass is 9.97. The molecular formula is C12H19N5O. The maximum atomic E-state index is 11.6. The molecule has 2 rings (SSSR count). The van der Waals surface area contributed by atoms with Gasteiger partial charge in [0.05, 0.1) is 5.92 Å². The molecule has 1 aliphatic rings. The van der Waals surface area contributed by atoms with Crippen LogP contribution in [0.25, 0.3) is 0 Å². The Morgan fingerprint density at radius 2 is 2.28 bits per heavy atom. The van der Waals surface area contributed by atoms with E-state index in [-0.39, 0.29) is 11.8 Å².